The second kappa shape index (κ2) is 8.74. The van der Waals surface area contributed by atoms with E-state index in [0.29, 0.717) is 34.8 Å². The fourth-order valence-corrected chi connectivity index (χ4v) is 3.22. The molecule has 4 rings (SSSR count). The second-order valence-corrected chi connectivity index (χ2v) is 6.85. The molecule has 0 atom stereocenters. The predicted molar refractivity (Wildman–Crippen MR) is 117 cm³/mol. The Kier molecular flexibility index (Phi) is 5.70. The average Bonchev–Trinajstić information content (AvgIpc) is 3.21. The Hall–Kier alpha value is -4.07. The smallest absolute Gasteiger partial charge is 0.255 e. The lowest BCUT2D eigenvalue weighted by molar-refractivity contribution is 0.102. The molecule has 0 aliphatic heterocycles. The van der Waals surface area contributed by atoms with Crippen LogP contribution in [0.15, 0.2) is 60.7 Å². The third kappa shape index (κ3) is 4.42. The Balaban J connectivity index is 1.53. The van der Waals surface area contributed by atoms with Gasteiger partial charge in [0, 0.05) is 29.4 Å². The Morgan fingerprint density at radius 3 is 2.19 bits per heavy atom. The maximum Gasteiger partial charge on any atom is 0.255 e. The summed E-state index contributed by atoms with van der Waals surface area (Å²) in [6.45, 7) is 0.565. The molecule has 0 aliphatic carbocycles. The second-order valence-electron chi connectivity index (χ2n) is 6.85. The van der Waals surface area contributed by atoms with Crippen molar-refractivity contribution in [2.24, 2.45) is 0 Å². The molecule has 31 heavy (non-hydrogen) atoms. The van der Waals surface area contributed by atoms with E-state index in [9.17, 15) is 4.79 Å². The molecule has 1 heterocycles. The summed E-state index contributed by atoms with van der Waals surface area (Å²) in [4.78, 5) is 12.8. The highest BCUT2D eigenvalue weighted by Gasteiger charge is 2.12. The summed E-state index contributed by atoms with van der Waals surface area (Å²) in [5, 5.41) is 11.3. The number of nitrogens with one attached hydrogen (secondary N) is 1. The van der Waals surface area contributed by atoms with Gasteiger partial charge in [0.25, 0.3) is 5.91 Å². The van der Waals surface area contributed by atoms with E-state index in [-0.39, 0.29) is 5.91 Å². The molecule has 0 aliphatic rings. The van der Waals surface area contributed by atoms with E-state index in [0.717, 1.165) is 16.8 Å². The largest absolute Gasteiger partial charge is 0.497 e. The van der Waals surface area contributed by atoms with Gasteiger partial charge in [0.1, 0.15) is 22.8 Å². The first-order chi connectivity index (χ1) is 15.1. The van der Waals surface area contributed by atoms with Gasteiger partial charge in [-0.1, -0.05) is 17.3 Å². The summed E-state index contributed by atoms with van der Waals surface area (Å²) >= 11 is 0. The zero-order chi connectivity index (χ0) is 21.8. The summed E-state index contributed by atoms with van der Waals surface area (Å²) in [6, 6.07) is 18.3. The van der Waals surface area contributed by atoms with Gasteiger partial charge in [-0.15, -0.1) is 5.10 Å². The van der Waals surface area contributed by atoms with Crippen molar-refractivity contribution in [1.29, 1.82) is 0 Å². The minimum Gasteiger partial charge on any atom is -0.497 e. The van der Waals surface area contributed by atoms with E-state index < -0.39 is 0 Å². The number of fused-ring (bicyclic) bond motifs is 1. The molecule has 1 N–H and O–H groups in total. The molecule has 1 aromatic heterocycles. The Morgan fingerprint density at radius 1 is 0.871 bits per heavy atom. The van der Waals surface area contributed by atoms with E-state index >= 15 is 0 Å². The molecule has 8 heteroatoms. The van der Waals surface area contributed by atoms with E-state index in [4.69, 9.17) is 14.2 Å². The number of carbonyl (C=O) groups excluding carboxylic acids is 1. The molecule has 0 radical (unpaired) electrons. The van der Waals surface area contributed by atoms with Crippen LogP contribution in [-0.2, 0) is 6.54 Å². The molecule has 3 aromatic carbocycles. The summed E-state index contributed by atoms with van der Waals surface area (Å²) in [5.41, 5.74) is 3.61. The highest BCUT2D eigenvalue weighted by Crippen LogP contribution is 2.26. The number of nitrogens with zero attached hydrogens (tertiary/aromatic N) is 3. The van der Waals surface area contributed by atoms with Crippen LogP contribution in [0.5, 0.6) is 17.2 Å². The normalized spacial score (nSPS) is 10.7. The van der Waals surface area contributed by atoms with Gasteiger partial charge in [-0.3, -0.25) is 4.79 Å². The molecule has 0 spiro atoms. The average molecular weight is 418 g/mol. The Labute approximate surface area is 179 Å². The van der Waals surface area contributed by atoms with Gasteiger partial charge in [0.15, 0.2) is 0 Å². The fourth-order valence-electron chi connectivity index (χ4n) is 3.22. The number of methoxy groups -OCH3 is 3. The molecular weight excluding hydrogens is 396 g/mol. The van der Waals surface area contributed by atoms with E-state index in [1.54, 1.807) is 56.3 Å². The summed E-state index contributed by atoms with van der Waals surface area (Å²) in [6.07, 6.45) is 0. The van der Waals surface area contributed by atoms with Crippen LogP contribution in [0, 0.1) is 0 Å². The van der Waals surface area contributed by atoms with Crippen molar-refractivity contribution in [1.82, 2.24) is 15.0 Å². The van der Waals surface area contributed by atoms with Gasteiger partial charge >= 0.3 is 0 Å². The molecule has 0 fully saturated rings. The number of hydrogen-bond donors (Lipinski definition) is 1. The van der Waals surface area contributed by atoms with Crippen molar-refractivity contribution in [3.8, 4) is 17.2 Å². The molecule has 1 amide bonds. The van der Waals surface area contributed by atoms with Gasteiger partial charge in [-0.25, -0.2) is 4.68 Å². The minimum atomic E-state index is -0.262. The van der Waals surface area contributed by atoms with Gasteiger partial charge in [-0.05, 0) is 35.9 Å². The number of hydrogen-bond acceptors (Lipinski definition) is 6. The maximum absolute atomic E-state index is 12.8. The fraction of sp³-hybridized carbons (Fsp3) is 0.174. The molecule has 158 valence electrons. The standard InChI is InChI=1S/C23H22N4O4/c1-29-18-7-4-15(5-8-18)14-27-22-9-6-16(10-21(22)25-26-27)23(28)24-17-11-19(30-2)13-20(12-17)31-3/h4-13H,14H2,1-3H3,(H,24,28). The third-order valence-electron chi connectivity index (χ3n) is 4.88. The van der Waals surface area contributed by atoms with Crippen LogP contribution >= 0.6 is 0 Å². The minimum absolute atomic E-state index is 0.262. The van der Waals surface area contributed by atoms with Crippen molar-refractivity contribution in [3.05, 3.63) is 71.8 Å². The van der Waals surface area contributed by atoms with Crippen LogP contribution in [0.25, 0.3) is 11.0 Å². The molecule has 0 saturated heterocycles. The number of benzene rings is 3. The topological polar surface area (TPSA) is 87.5 Å². The summed E-state index contributed by atoms with van der Waals surface area (Å²) < 4.78 is 17.5. The predicted octanol–water partition coefficient (Wildman–Crippen LogP) is 3.76. The number of carbonyl (C=O) groups is 1. The van der Waals surface area contributed by atoms with Crippen LogP contribution in [0.1, 0.15) is 15.9 Å². The van der Waals surface area contributed by atoms with Crippen molar-refractivity contribution in [2.75, 3.05) is 26.6 Å². The van der Waals surface area contributed by atoms with Crippen LogP contribution in [0.4, 0.5) is 5.69 Å². The number of ether oxygens (including phenoxy) is 3. The monoisotopic (exact) mass is 418 g/mol. The van der Waals surface area contributed by atoms with Gasteiger partial charge in [-0.2, -0.15) is 0 Å². The molecule has 0 unspecified atom stereocenters. The SMILES string of the molecule is COc1ccc(Cn2nnc3cc(C(=O)Nc4cc(OC)cc(OC)c4)ccc32)cc1. The maximum atomic E-state index is 12.8. The van der Waals surface area contributed by atoms with Crippen LogP contribution in [0.3, 0.4) is 0 Å². The number of anilines is 1. The van der Waals surface area contributed by atoms with E-state index in [2.05, 4.69) is 15.6 Å². The van der Waals surface area contributed by atoms with Crippen molar-refractivity contribution >= 4 is 22.6 Å². The van der Waals surface area contributed by atoms with Gasteiger partial charge < -0.3 is 19.5 Å². The third-order valence-corrected chi connectivity index (χ3v) is 4.88. The molecular formula is C23H22N4O4. The number of amides is 1. The molecule has 0 bridgehead atoms. The summed E-state index contributed by atoms with van der Waals surface area (Å²) in [7, 11) is 4.76. The van der Waals surface area contributed by atoms with Crippen molar-refractivity contribution < 1.29 is 19.0 Å². The van der Waals surface area contributed by atoms with Crippen LogP contribution in [-0.4, -0.2) is 42.2 Å². The van der Waals surface area contributed by atoms with E-state index in [1.165, 1.54) is 0 Å². The molecule has 4 aromatic rings. The lowest BCUT2D eigenvalue weighted by Gasteiger charge is -2.10. The molecule has 0 saturated carbocycles. The lowest BCUT2D eigenvalue weighted by Crippen LogP contribution is -2.12. The first kappa shape index (κ1) is 20.2. The van der Waals surface area contributed by atoms with Crippen molar-refractivity contribution in [3.63, 3.8) is 0 Å². The Morgan fingerprint density at radius 2 is 1.55 bits per heavy atom. The lowest BCUT2D eigenvalue weighted by atomic mass is 10.1. The van der Waals surface area contributed by atoms with Crippen LogP contribution in [0.2, 0.25) is 0 Å². The zero-order valence-electron chi connectivity index (χ0n) is 17.5. The Bertz CT molecular complexity index is 1200. The van der Waals surface area contributed by atoms with Gasteiger partial charge in [0.05, 0.1) is 33.4 Å². The van der Waals surface area contributed by atoms with Crippen molar-refractivity contribution in [2.45, 2.75) is 6.54 Å². The molecule has 8 nitrogen and oxygen atoms in total. The van der Waals surface area contributed by atoms with Crippen LogP contribution < -0.4 is 19.5 Å². The first-order valence-electron chi connectivity index (χ1n) is 9.60. The summed E-state index contributed by atoms with van der Waals surface area (Å²) in [5.74, 6) is 1.72. The number of rotatable bonds is 7. The zero-order valence-corrected chi connectivity index (χ0v) is 17.5. The first-order valence-corrected chi connectivity index (χ1v) is 9.60. The number of aromatic nitrogens is 3. The van der Waals surface area contributed by atoms with E-state index in [1.807, 2.05) is 30.3 Å². The highest BCUT2D eigenvalue weighted by atomic mass is 16.5. The quantitative estimate of drug-likeness (QED) is 0.492. The highest BCUT2D eigenvalue weighted by molar-refractivity contribution is 6.06. The van der Waals surface area contributed by atoms with Gasteiger partial charge in [0.2, 0.25) is 0 Å².